The molecule has 0 bridgehead atoms. The van der Waals surface area contributed by atoms with Crippen LogP contribution in [0.1, 0.15) is 56.4 Å². The van der Waals surface area contributed by atoms with Crippen LogP contribution in [-0.4, -0.2) is 13.7 Å². The van der Waals surface area contributed by atoms with Gasteiger partial charge in [0.15, 0.2) is 0 Å². The molecule has 3 heteroatoms. The molecule has 1 atom stereocenters. The summed E-state index contributed by atoms with van der Waals surface area (Å²) in [5, 5.41) is 4.61. The quantitative estimate of drug-likeness (QED) is 0.722. The van der Waals surface area contributed by atoms with E-state index in [2.05, 4.69) is 44.3 Å². The minimum atomic E-state index is 0.571. The van der Waals surface area contributed by atoms with Crippen LogP contribution in [0.3, 0.4) is 0 Å². The molecular weight excluding hydrogens is 262 g/mol. The van der Waals surface area contributed by atoms with E-state index >= 15 is 0 Å². The van der Waals surface area contributed by atoms with Gasteiger partial charge >= 0.3 is 0 Å². The Morgan fingerprint density at radius 3 is 2.76 bits per heavy atom. The summed E-state index contributed by atoms with van der Waals surface area (Å²) in [6.07, 6.45) is 2.27. The second kappa shape index (κ2) is 7.62. The van der Waals surface area contributed by atoms with Gasteiger partial charge in [-0.1, -0.05) is 26.8 Å². The number of benzene rings is 1. The molecule has 0 spiro atoms. The second-order valence-electron chi connectivity index (χ2n) is 5.68. The Kier molecular flexibility index (Phi) is 5.83. The molecule has 3 nitrogen and oxygen atoms in total. The summed E-state index contributed by atoms with van der Waals surface area (Å²) in [5.41, 5.74) is 3.51. The Morgan fingerprint density at radius 2 is 2.10 bits per heavy atom. The highest BCUT2D eigenvalue weighted by atomic mass is 16.5. The standard InChI is InChI=1S/C18H27NO2/c1-5-9-19-11-18-16(12-20-4)15-10-14(13(3)6-2)7-8-17(15)21-18/h7-8,10,13,19H,5-6,9,11-12H2,1-4H3. The molecule has 0 fully saturated rings. The lowest BCUT2D eigenvalue weighted by Crippen LogP contribution is -2.14. The van der Waals surface area contributed by atoms with E-state index in [1.165, 1.54) is 16.5 Å². The molecule has 2 aromatic rings. The minimum absolute atomic E-state index is 0.571. The van der Waals surface area contributed by atoms with Crippen molar-refractivity contribution >= 4 is 11.0 Å². The number of nitrogens with one attached hydrogen (secondary N) is 1. The monoisotopic (exact) mass is 289 g/mol. The summed E-state index contributed by atoms with van der Waals surface area (Å²) in [4.78, 5) is 0. The van der Waals surface area contributed by atoms with Crippen molar-refractivity contribution in [3.63, 3.8) is 0 Å². The van der Waals surface area contributed by atoms with Crippen LogP contribution in [0.2, 0.25) is 0 Å². The first-order valence-corrected chi connectivity index (χ1v) is 7.95. The van der Waals surface area contributed by atoms with Crippen LogP contribution in [0.4, 0.5) is 0 Å². The van der Waals surface area contributed by atoms with Gasteiger partial charge in [-0.25, -0.2) is 0 Å². The van der Waals surface area contributed by atoms with Gasteiger partial charge < -0.3 is 14.5 Å². The van der Waals surface area contributed by atoms with Crippen LogP contribution in [-0.2, 0) is 17.9 Å². The van der Waals surface area contributed by atoms with Gasteiger partial charge in [-0.05, 0) is 43.0 Å². The molecule has 1 N–H and O–H groups in total. The highest BCUT2D eigenvalue weighted by Gasteiger charge is 2.15. The van der Waals surface area contributed by atoms with Crippen LogP contribution in [0.15, 0.2) is 22.6 Å². The van der Waals surface area contributed by atoms with Gasteiger partial charge in [-0.3, -0.25) is 0 Å². The molecule has 1 aromatic heterocycles. The molecule has 0 aliphatic heterocycles. The molecule has 21 heavy (non-hydrogen) atoms. The van der Waals surface area contributed by atoms with Crippen molar-refractivity contribution in [1.29, 1.82) is 0 Å². The van der Waals surface area contributed by atoms with Gasteiger partial charge in [0.2, 0.25) is 0 Å². The Labute approximate surface area is 127 Å². The van der Waals surface area contributed by atoms with E-state index in [1.54, 1.807) is 7.11 Å². The van der Waals surface area contributed by atoms with Gasteiger partial charge in [-0.2, -0.15) is 0 Å². The average molecular weight is 289 g/mol. The van der Waals surface area contributed by atoms with E-state index in [9.17, 15) is 0 Å². The first-order chi connectivity index (χ1) is 10.2. The van der Waals surface area contributed by atoms with E-state index in [4.69, 9.17) is 9.15 Å². The first-order valence-electron chi connectivity index (χ1n) is 7.95. The molecule has 1 aromatic carbocycles. The van der Waals surface area contributed by atoms with Crippen molar-refractivity contribution < 1.29 is 9.15 Å². The van der Waals surface area contributed by atoms with Crippen LogP contribution >= 0.6 is 0 Å². The molecule has 2 rings (SSSR count). The number of furan rings is 1. The Balaban J connectivity index is 2.38. The molecule has 1 unspecified atom stereocenters. The maximum atomic E-state index is 6.02. The normalized spacial score (nSPS) is 13.0. The van der Waals surface area contributed by atoms with E-state index in [1.807, 2.05) is 0 Å². The van der Waals surface area contributed by atoms with Gasteiger partial charge in [0, 0.05) is 18.1 Å². The first kappa shape index (κ1) is 16.1. The maximum Gasteiger partial charge on any atom is 0.134 e. The average Bonchev–Trinajstić information content (AvgIpc) is 2.84. The number of ether oxygens (including phenoxy) is 1. The number of methoxy groups -OCH3 is 1. The molecule has 0 amide bonds. The van der Waals surface area contributed by atoms with Crippen molar-refractivity contribution in [2.45, 2.75) is 52.7 Å². The lowest BCUT2D eigenvalue weighted by atomic mass is 9.96. The van der Waals surface area contributed by atoms with Crippen molar-refractivity contribution in [3.05, 3.63) is 35.1 Å². The topological polar surface area (TPSA) is 34.4 Å². The lowest BCUT2D eigenvalue weighted by molar-refractivity contribution is 0.183. The fourth-order valence-corrected chi connectivity index (χ4v) is 2.58. The van der Waals surface area contributed by atoms with Crippen LogP contribution in [0, 0.1) is 0 Å². The van der Waals surface area contributed by atoms with Crippen molar-refractivity contribution in [1.82, 2.24) is 5.32 Å². The molecular formula is C18H27NO2. The summed E-state index contributed by atoms with van der Waals surface area (Å²) in [6.45, 7) is 9.02. The maximum absolute atomic E-state index is 6.02. The predicted molar refractivity (Wildman–Crippen MR) is 87.6 cm³/mol. The molecule has 0 radical (unpaired) electrons. The molecule has 116 valence electrons. The minimum Gasteiger partial charge on any atom is -0.459 e. The van der Waals surface area contributed by atoms with Crippen molar-refractivity contribution in [2.24, 2.45) is 0 Å². The fourth-order valence-electron chi connectivity index (χ4n) is 2.58. The number of hydrogen-bond acceptors (Lipinski definition) is 3. The molecule has 0 saturated carbocycles. The molecule has 0 saturated heterocycles. The van der Waals surface area contributed by atoms with Crippen LogP contribution < -0.4 is 5.32 Å². The SMILES string of the molecule is CCCNCc1oc2ccc(C(C)CC)cc2c1COC. The lowest BCUT2D eigenvalue weighted by Gasteiger charge is -2.09. The van der Waals surface area contributed by atoms with E-state index in [0.717, 1.165) is 37.3 Å². The largest absolute Gasteiger partial charge is 0.459 e. The third-order valence-corrected chi connectivity index (χ3v) is 4.08. The van der Waals surface area contributed by atoms with Gasteiger partial charge in [0.1, 0.15) is 11.3 Å². The number of hydrogen-bond donors (Lipinski definition) is 1. The van der Waals surface area contributed by atoms with Crippen LogP contribution in [0.5, 0.6) is 0 Å². The summed E-state index contributed by atoms with van der Waals surface area (Å²) in [7, 11) is 1.74. The van der Waals surface area contributed by atoms with Gasteiger partial charge in [0.05, 0.1) is 13.2 Å². The van der Waals surface area contributed by atoms with E-state index in [0.29, 0.717) is 12.5 Å². The summed E-state index contributed by atoms with van der Waals surface area (Å²) in [6, 6.07) is 6.55. The zero-order chi connectivity index (χ0) is 15.2. The predicted octanol–water partition coefficient (Wildman–Crippen LogP) is 4.59. The Bertz CT molecular complexity index is 574. The second-order valence-corrected chi connectivity index (χ2v) is 5.68. The van der Waals surface area contributed by atoms with E-state index < -0.39 is 0 Å². The third kappa shape index (κ3) is 3.66. The zero-order valence-electron chi connectivity index (χ0n) is 13.7. The smallest absolute Gasteiger partial charge is 0.134 e. The third-order valence-electron chi connectivity index (χ3n) is 4.08. The fraction of sp³-hybridized carbons (Fsp3) is 0.556. The van der Waals surface area contributed by atoms with Gasteiger partial charge in [0.25, 0.3) is 0 Å². The molecule has 0 aliphatic carbocycles. The van der Waals surface area contributed by atoms with Crippen LogP contribution in [0.25, 0.3) is 11.0 Å². The Morgan fingerprint density at radius 1 is 1.29 bits per heavy atom. The van der Waals surface area contributed by atoms with Gasteiger partial charge in [-0.15, -0.1) is 0 Å². The summed E-state index contributed by atoms with van der Waals surface area (Å²) < 4.78 is 11.4. The van der Waals surface area contributed by atoms with Crippen molar-refractivity contribution in [3.8, 4) is 0 Å². The molecule has 1 heterocycles. The Hall–Kier alpha value is -1.32. The highest BCUT2D eigenvalue weighted by molar-refractivity contribution is 5.83. The van der Waals surface area contributed by atoms with E-state index in [-0.39, 0.29) is 0 Å². The molecule has 0 aliphatic rings. The number of fused-ring (bicyclic) bond motifs is 1. The zero-order valence-corrected chi connectivity index (χ0v) is 13.7. The summed E-state index contributed by atoms with van der Waals surface area (Å²) >= 11 is 0. The highest BCUT2D eigenvalue weighted by Crippen LogP contribution is 2.30. The van der Waals surface area contributed by atoms with Crippen molar-refractivity contribution in [2.75, 3.05) is 13.7 Å². The number of rotatable bonds is 8. The summed E-state index contributed by atoms with van der Waals surface area (Å²) in [5.74, 6) is 1.57.